The van der Waals surface area contributed by atoms with Crippen molar-refractivity contribution in [3.63, 3.8) is 0 Å². The number of alkyl halides is 3. The summed E-state index contributed by atoms with van der Waals surface area (Å²) in [5.74, 6) is -0.0951. The number of ether oxygens (including phenoxy) is 1. The summed E-state index contributed by atoms with van der Waals surface area (Å²) in [6.45, 7) is 1.84. The number of benzene rings is 3. The highest BCUT2D eigenvalue weighted by atomic mass is 32.2. The Balaban J connectivity index is 1.89. The minimum atomic E-state index is -4.84. The number of aryl methyl sites for hydroxylation is 2. The largest absolute Gasteiger partial charge is 0.573 e. The first kappa shape index (κ1) is 21.8. The Morgan fingerprint density at radius 2 is 1.53 bits per heavy atom. The molecule has 0 atom stereocenters. The van der Waals surface area contributed by atoms with Crippen LogP contribution in [0.5, 0.6) is 5.75 Å². The first-order valence-electron chi connectivity index (χ1n) is 9.58. The summed E-state index contributed by atoms with van der Waals surface area (Å²) in [5.41, 5.74) is 1.88. The van der Waals surface area contributed by atoms with Crippen LogP contribution in [0.2, 0.25) is 0 Å². The summed E-state index contributed by atoms with van der Waals surface area (Å²) in [7, 11) is -2.36. The third kappa shape index (κ3) is 4.16. The van der Waals surface area contributed by atoms with Crippen molar-refractivity contribution in [3.05, 3.63) is 84.4 Å². The van der Waals surface area contributed by atoms with E-state index in [1.807, 2.05) is 31.2 Å². The predicted octanol–water partition coefficient (Wildman–Crippen LogP) is 5.91. The van der Waals surface area contributed by atoms with Gasteiger partial charge in [-0.3, -0.25) is 0 Å². The number of aromatic nitrogens is 1. The van der Waals surface area contributed by atoms with Crippen LogP contribution >= 0.6 is 0 Å². The van der Waals surface area contributed by atoms with Crippen molar-refractivity contribution in [2.24, 2.45) is 7.05 Å². The van der Waals surface area contributed by atoms with E-state index in [1.165, 1.54) is 24.3 Å². The molecule has 0 aliphatic rings. The zero-order chi connectivity index (χ0) is 23.1. The first-order valence-corrected chi connectivity index (χ1v) is 11.0. The zero-order valence-electron chi connectivity index (χ0n) is 17.2. The Hall–Kier alpha value is -3.46. The number of nitrogens with zero attached hydrogens (tertiary/aromatic N) is 2. The predicted molar refractivity (Wildman–Crippen MR) is 117 cm³/mol. The number of para-hydroxylation sites is 1. The van der Waals surface area contributed by atoms with Crippen LogP contribution in [0.4, 0.5) is 24.7 Å². The molecule has 9 heteroatoms. The molecule has 0 aliphatic carbocycles. The molecule has 0 fully saturated rings. The highest BCUT2D eigenvalue weighted by Gasteiger charge is 2.32. The molecule has 0 radical (unpaired) electrons. The Morgan fingerprint density at radius 1 is 0.906 bits per heavy atom. The fourth-order valence-electron chi connectivity index (χ4n) is 3.46. The van der Waals surface area contributed by atoms with Crippen LogP contribution in [0.15, 0.2) is 83.8 Å². The number of hydrogen-bond acceptors (Lipinski definition) is 3. The maximum Gasteiger partial charge on any atom is 0.573 e. The second-order valence-electron chi connectivity index (χ2n) is 7.24. The van der Waals surface area contributed by atoms with Gasteiger partial charge in [-0.2, -0.15) is 0 Å². The molecule has 0 bridgehead atoms. The number of sulfonamides is 1. The van der Waals surface area contributed by atoms with E-state index in [0.717, 1.165) is 32.9 Å². The van der Waals surface area contributed by atoms with Gasteiger partial charge in [0.15, 0.2) is 0 Å². The van der Waals surface area contributed by atoms with Gasteiger partial charge in [-0.1, -0.05) is 35.9 Å². The minimum absolute atomic E-state index is 0.0592. The summed E-state index contributed by atoms with van der Waals surface area (Å²) >= 11 is 0. The van der Waals surface area contributed by atoms with E-state index < -0.39 is 22.1 Å². The molecule has 0 saturated heterocycles. The molecule has 0 aliphatic heterocycles. The molecule has 32 heavy (non-hydrogen) atoms. The SMILES string of the molecule is Cc1ccc(S(=O)(=O)N(c2ccc(OC(F)(F)F)cc2)c2cc3ccccc3n2C)cc1. The van der Waals surface area contributed by atoms with Gasteiger partial charge in [0.25, 0.3) is 10.0 Å². The molecule has 0 amide bonds. The number of fused-ring (bicyclic) bond motifs is 1. The maximum atomic E-state index is 13.7. The lowest BCUT2D eigenvalue weighted by molar-refractivity contribution is -0.274. The van der Waals surface area contributed by atoms with Gasteiger partial charge in [-0.25, -0.2) is 12.7 Å². The number of hydrogen-bond donors (Lipinski definition) is 0. The lowest BCUT2D eigenvalue weighted by Crippen LogP contribution is -2.28. The summed E-state index contributed by atoms with van der Waals surface area (Å²) in [6.07, 6.45) is -4.84. The normalized spacial score (nSPS) is 12.2. The van der Waals surface area contributed by atoms with Crippen molar-refractivity contribution < 1.29 is 26.3 Å². The van der Waals surface area contributed by atoms with E-state index in [4.69, 9.17) is 0 Å². The van der Waals surface area contributed by atoms with Gasteiger partial charge in [0.05, 0.1) is 10.6 Å². The van der Waals surface area contributed by atoms with E-state index in [0.29, 0.717) is 5.82 Å². The van der Waals surface area contributed by atoms with Crippen molar-refractivity contribution in [1.82, 2.24) is 4.57 Å². The Labute approximate surface area is 183 Å². The summed E-state index contributed by atoms with van der Waals surface area (Å²) in [4.78, 5) is 0.0592. The van der Waals surface area contributed by atoms with Gasteiger partial charge in [0.1, 0.15) is 11.6 Å². The van der Waals surface area contributed by atoms with Gasteiger partial charge >= 0.3 is 6.36 Å². The zero-order valence-corrected chi connectivity index (χ0v) is 18.0. The monoisotopic (exact) mass is 460 g/mol. The Bertz CT molecular complexity index is 1360. The molecule has 0 spiro atoms. The maximum absolute atomic E-state index is 13.7. The number of anilines is 2. The van der Waals surface area contributed by atoms with Gasteiger partial charge < -0.3 is 9.30 Å². The molecule has 4 aromatic rings. The van der Waals surface area contributed by atoms with Crippen LogP contribution in [0.3, 0.4) is 0 Å². The topological polar surface area (TPSA) is 51.5 Å². The highest BCUT2D eigenvalue weighted by Crippen LogP contribution is 2.37. The van der Waals surface area contributed by atoms with Crippen LogP contribution in [0.25, 0.3) is 10.9 Å². The summed E-state index contributed by atoms with van der Waals surface area (Å²) in [6, 6.07) is 20.2. The van der Waals surface area contributed by atoms with E-state index >= 15 is 0 Å². The molecule has 1 heterocycles. The van der Waals surface area contributed by atoms with Crippen molar-refractivity contribution in [2.75, 3.05) is 4.31 Å². The van der Waals surface area contributed by atoms with E-state index in [2.05, 4.69) is 4.74 Å². The van der Waals surface area contributed by atoms with Gasteiger partial charge in [0, 0.05) is 18.0 Å². The van der Waals surface area contributed by atoms with Gasteiger partial charge in [-0.05, 0) is 55.5 Å². The molecule has 0 saturated carbocycles. The molecule has 0 unspecified atom stereocenters. The summed E-state index contributed by atoms with van der Waals surface area (Å²) < 4.78 is 71.8. The highest BCUT2D eigenvalue weighted by molar-refractivity contribution is 7.93. The molecule has 3 aromatic carbocycles. The second-order valence-corrected chi connectivity index (χ2v) is 9.03. The van der Waals surface area contributed by atoms with Crippen LogP contribution in [0, 0.1) is 6.92 Å². The smallest absolute Gasteiger partial charge is 0.406 e. The van der Waals surface area contributed by atoms with Crippen LogP contribution in [-0.4, -0.2) is 19.3 Å². The van der Waals surface area contributed by atoms with Crippen LogP contribution < -0.4 is 9.04 Å². The van der Waals surface area contributed by atoms with Crippen LogP contribution in [-0.2, 0) is 17.1 Å². The molecule has 4 rings (SSSR count). The van der Waals surface area contributed by atoms with E-state index in [-0.39, 0.29) is 10.6 Å². The average Bonchev–Trinajstić information content (AvgIpc) is 3.05. The number of rotatable bonds is 5. The molecule has 5 nitrogen and oxygen atoms in total. The lowest BCUT2D eigenvalue weighted by atomic mass is 10.2. The lowest BCUT2D eigenvalue weighted by Gasteiger charge is -2.25. The van der Waals surface area contributed by atoms with Crippen molar-refractivity contribution in [3.8, 4) is 5.75 Å². The minimum Gasteiger partial charge on any atom is -0.406 e. The van der Waals surface area contributed by atoms with Crippen molar-refractivity contribution >= 4 is 32.4 Å². The third-order valence-corrected chi connectivity index (χ3v) is 6.74. The van der Waals surface area contributed by atoms with Gasteiger partial charge in [0.2, 0.25) is 0 Å². The van der Waals surface area contributed by atoms with Crippen molar-refractivity contribution in [2.45, 2.75) is 18.2 Å². The average molecular weight is 460 g/mol. The standard InChI is InChI=1S/C23H19F3N2O3S/c1-16-7-13-20(14-8-16)32(29,30)28(18-9-11-19(12-10-18)31-23(24,25)26)22-15-17-5-3-4-6-21(17)27(22)2/h3-15H,1-2H3. The first-order chi connectivity index (χ1) is 15.1. The number of halogens is 3. The third-order valence-electron chi connectivity index (χ3n) is 5.00. The molecule has 166 valence electrons. The van der Waals surface area contributed by atoms with Gasteiger partial charge in [-0.15, -0.1) is 13.2 Å². The second kappa shape index (κ2) is 7.90. The quantitative estimate of drug-likeness (QED) is 0.372. The molecular formula is C23H19F3N2O3S. The summed E-state index contributed by atoms with van der Waals surface area (Å²) in [5, 5.41) is 0.825. The molecule has 1 aromatic heterocycles. The molecule has 0 N–H and O–H groups in total. The fraction of sp³-hybridized carbons (Fsp3) is 0.130. The van der Waals surface area contributed by atoms with Crippen molar-refractivity contribution in [1.29, 1.82) is 0 Å². The molecular weight excluding hydrogens is 441 g/mol. The Kier molecular flexibility index (Phi) is 5.37. The van der Waals surface area contributed by atoms with E-state index in [9.17, 15) is 21.6 Å². The Morgan fingerprint density at radius 3 is 2.12 bits per heavy atom. The fourth-order valence-corrected chi connectivity index (χ4v) is 4.97. The van der Waals surface area contributed by atoms with E-state index in [1.54, 1.807) is 29.8 Å². The van der Waals surface area contributed by atoms with Crippen LogP contribution in [0.1, 0.15) is 5.56 Å².